The van der Waals surface area contributed by atoms with Gasteiger partial charge in [0.15, 0.2) is 21.9 Å². The van der Waals surface area contributed by atoms with Crippen LogP contribution in [0.5, 0.6) is 0 Å². The zero-order valence-corrected chi connectivity index (χ0v) is 22.6. The van der Waals surface area contributed by atoms with Crippen LogP contribution in [0.1, 0.15) is 7.43 Å². The second kappa shape index (κ2) is 13.4. The van der Waals surface area contributed by atoms with E-state index in [2.05, 4.69) is 30.4 Å². The zero-order chi connectivity index (χ0) is 27.4. The first-order valence-electron chi connectivity index (χ1n) is 11.1. The molecule has 4 aliphatic heterocycles. The number of nitrogens with zero attached hydrogens (tertiary/aromatic N) is 10. The van der Waals surface area contributed by atoms with Gasteiger partial charge in [0.25, 0.3) is 0 Å². The summed E-state index contributed by atoms with van der Waals surface area (Å²) in [4.78, 5) is 35.3. The molecule has 16 nitrogen and oxygen atoms in total. The molecule has 39 heavy (non-hydrogen) atoms. The Balaban J connectivity index is 0.000000172. The smallest absolute Gasteiger partial charge is 0.410 e. The fraction of sp³-hybridized carbons (Fsp3) is 0.579. The number of hydrogen-bond donors (Lipinski definition) is 2. The number of fused-ring (bicyclic) bond motifs is 2. The number of rotatable bonds is 1. The van der Waals surface area contributed by atoms with E-state index >= 15 is 0 Å². The van der Waals surface area contributed by atoms with Crippen molar-refractivity contribution in [3.63, 3.8) is 0 Å². The summed E-state index contributed by atoms with van der Waals surface area (Å²) < 4.78 is 11.5. The molecule has 4 aliphatic rings. The van der Waals surface area contributed by atoms with E-state index in [0.29, 0.717) is 51.9 Å². The van der Waals surface area contributed by atoms with E-state index in [0.717, 1.165) is 6.54 Å². The second-order valence-corrected chi connectivity index (χ2v) is 9.74. The molecule has 4 fully saturated rings. The fourth-order valence-corrected chi connectivity index (χ4v) is 4.40. The first kappa shape index (κ1) is 30.6. The molecule has 0 unspecified atom stereocenters. The van der Waals surface area contributed by atoms with Gasteiger partial charge in [0.2, 0.25) is 11.2 Å². The van der Waals surface area contributed by atoms with Gasteiger partial charge in [-0.25, -0.2) is 14.0 Å². The monoisotopic (exact) mass is 626 g/mol. The first-order chi connectivity index (χ1) is 18.1. The molecule has 20 heteroatoms. The number of carbonyl (C=O) groups is 2. The highest BCUT2D eigenvalue weighted by atomic mass is 35.5. The highest BCUT2D eigenvalue weighted by Crippen LogP contribution is 2.22. The van der Waals surface area contributed by atoms with Gasteiger partial charge in [0, 0.05) is 39.3 Å². The molecule has 4 saturated heterocycles. The third kappa shape index (κ3) is 7.60. The third-order valence-electron chi connectivity index (χ3n) is 5.77. The minimum atomic E-state index is -0.255. The SMILES string of the molecule is C.Nc1nc(Cl)nnc1Cl.Nc1nc(N2CCN3C(=O)OC[C@H]3C2)nnc1Cl.O=C1OC[C@H]2CN(Cl)CCN12. The summed E-state index contributed by atoms with van der Waals surface area (Å²) in [6, 6.07) is 0.209. The number of hydrogen-bond acceptors (Lipinski definition) is 14. The number of ether oxygens (including phenoxy) is 2. The van der Waals surface area contributed by atoms with E-state index in [1.807, 2.05) is 4.90 Å². The molecular weight excluding hydrogens is 602 g/mol. The third-order valence-corrected chi connectivity index (χ3v) is 6.78. The average molecular weight is 628 g/mol. The minimum Gasteiger partial charge on any atom is -0.447 e. The van der Waals surface area contributed by atoms with Crippen molar-refractivity contribution in [2.75, 3.05) is 68.8 Å². The number of aromatic nitrogens is 6. The zero-order valence-electron chi connectivity index (χ0n) is 19.6. The van der Waals surface area contributed by atoms with Gasteiger partial charge < -0.3 is 25.8 Å². The number of nitrogen functional groups attached to an aromatic ring is 2. The summed E-state index contributed by atoms with van der Waals surface area (Å²) in [5, 5.41) is 14.5. The van der Waals surface area contributed by atoms with Gasteiger partial charge in [0.05, 0.1) is 12.1 Å². The van der Waals surface area contributed by atoms with E-state index in [1.165, 1.54) is 0 Å². The maximum Gasteiger partial charge on any atom is 0.410 e. The van der Waals surface area contributed by atoms with Gasteiger partial charge in [-0.1, -0.05) is 30.6 Å². The van der Waals surface area contributed by atoms with Crippen LogP contribution < -0.4 is 16.4 Å². The average Bonchev–Trinajstić information content (AvgIpc) is 3.45. The summed E-state index contributed by atoms with van der Waals surface area (Å²) in [7, 11) is 0. The number of halogens is 4. The van der Waals surface area contributed by atoms with Crippen LogP contribution in [0, 0.1) is 0 Å². The van der Waals surface area contributed by atoms with Crippen molar-refractivity contribution in [3.05, 3.63) is 15.6 Å². The Morgan fingerprint density at radius 1 is 0.744 bits per heavy atom. The van der Waals surface area contributed by atoms with Gasteiger partial charge in [-0.05, 0) is 23.4 Å². The quantitative estimate of drug-likeness (QED) is 0.431. The summed E-state index contributed by atoms with van der Waals surface area (Å²) >= 11 is 22.1. The van der Waals surface area contributed by atoms with E-state index in [-0.39, 0.29) is 58.9 Å². The van der Waals surface area contributed by atoms with Crippen molar-refractivity contribution in [2.24, 2.45) is 0 Å². The molecular formula is C19H26Cl4N12O4. The lowest BCUT2D eigenvalue weighted by Crippen LogP contribution is -2.52. The van der Waals surface area contributed by atoms with Crippen LogP contribution in [0.4, 0.5) is 27.2 Å². The normalized spacial score (nSPS) is 21.8. The highest BCUT2D eigenvalue weighted by Gasteiger charge is 2.38. The van der Waals surface area contributed by atoms with Gasteiger partial charge in [0.1, 0.15) is 13.2 Å². The van der Waals surface area contributed by atoms with Crippen molar-refractivity contribution >= 4 is 76.4 Å². The van der Waals surface area contributed by atoms with Crippen LogP contribution in [-0.2, 0) is 9.47 Å². The molecule has 0 spiro atoms. The van der Waals surface area contributed by atoms with E-state index in [4.69, 9.17) is 67.5 Å². The Kier molecular flexibility index (Phi) is 10.5. The predicted molar refractivity (Wildman–Crippen MR) is 144 cm³/mol. The molecule has 2 atom stereocenters. The Hall–Kier alpha value is -2.92. The molecule has 0 radical (unpaired) electrons. The topological polar surface area (TPSA) is 195 Å². The second-order valence-electron chi connectivity index (χ2n) is 8.21. The highest BCUT2D eigenvalue weighted by molar-refractivity contribution is 6.32. The van der Waals surface area contributed by atoms with Crippen molar-refractivity contribution in [3.8, 4) is 0 Å². The van der Waals surface area contributed by atoms with Crippen LogP contribution in [0.15, 0.2) is 0 Å². The van der Waals surface area contributed by atoms with Crippen LogP contribution >= 0.6 is 46.6 Å². The number of anilines is 3. The number of piperazine rings is 2. The number of nitrogens with two attached hydrogens (primary N) is 2. The molecule has 214 valence electrons. The van der Waals surface area contributed by atoms with E-state index in [1.54, 1.807) is 14.2 Å². The number of amides is 2. The molecule has 6 rings (SSSR count). The maximum atomic E-state index is 11.4. The van der Waals surface area contributed by atoms with Gasteiger partial charge in [-0.15, -0.1) is 20.4 Å². The largest absolute Gasteiger partial charge is 0.447 e. The molecule has 0 bridgehead atoms. The number of carbonyl (C=O) groups excluding carboxylic acids is 2. The standard InChI is InChI=1S/C9H11ClN6O2.C6H9ClN2O2.C3H2Cl2N4.CH4/c10-6-7(11)12-8(14-13-6)15-1-2-16-5(3-15)4-18-9(16)17;7-8-1-2-9-5(3-8)4-11-6(9)10;4-1-2(6)7-3(5)9-8-1;/h5H,1-4H2,(H2,11,12,14);5H,1-4H2;(H2,6,7,9);1H4/t2*5-;;/m11../s1. The molecule has 0 aromatic carbocycles. The lowest BCUT2D eigenvalue weighted by atomic mass is 10.2. The van der Waals surface area contributed by atoms with Gasteiger partial charge in [-0.2, -0.15) is 9.97 Å². The van der Waals surface area contributed by atoms with Crippen LogP contribution in [0.3, 0.4) is 0 Å². The van der Waals surface area contributed by atoms with Crippen molar-refractivity contribution in [2.45, 2.75) is 19.5 Å². The summed E-state index contributed by atoms with van der Waals surface area (Å²) in [5.41, 5.74) is 10.8. The molecule has 0 saturated carbocycles. The minimum absolute atomic E-state index is 0. The lowest BCUT2D eigenvalue weighted by Gasteiger charge is -2.35. The Labute approximate surface area is 243 Å². The molecule has 0 aliphatic carbocycles. The Morgan fingerprint density at radius 3 is 1.85 bits per heavy atom. The molecule has 4 N–H and O–H groups in total. The number of cyclic esters (lactones) is 2. The Morgan fingerprint density at radius 2 is 1.28 bits per heavy atom. The van der Waals surface area contributed by atoms with Crippen molar-refractivity contribution in [1.29, 1.82) is 0 Å². The van der Waals surface area contributed by atoms with E-state index < -0.39 is 0 Å². The summed E-state index contributed by atoms with van der Waals surface area (Å²) in [6.45, 7) is 4.82. The molecule has 6 heterocycles. The lowest BCUT2D eigenvalue weighted by molar-refractivity contribution is 0.148. The molecule has 2 aromatic heterocycles. The van der Waals surface area contributed by atoms with Crippen molar-refractivity contribution in [1.82, 2.24) is 44.6 Å². The first-order valence-corrected chi connectivity index (χ1v) is 12.6. The van der Waals surface area contributed by atoms with Crippen LogP contribution in [0.2, 0.25) is 15.6 Å². The molecule has 2 aromatic rings. The van der Waals surface area contributed by atoms with Gasteiger partial charge >= 0.3 is 12.2 Å². The summed E-state index contributed by atoms with van der Waals surface area (Å²) in [5.74, 6) is 0.676. The summed E-state index contributed by atoms with van der Waals surface area (Å²) in [6.07, 6.45) is -0.450. The van der Waals surface area contributed by atoms with Crippen molar-refractivity contribution < 1.29 is 19.1 Å². The van der Waals surface area contributed by atoms with E-state index in [9.17, 15) is 9.59 Å². The Bertz CT molecular complexity index is 1180. The van der Waals surface area contributed by atoms with Crippen LogP contribution in [0.25, 0.3) is 0 Å². The van der Waals surface area contributed by atoms with Gasteiger partial charge in [-0.3, -0.25) is 9.80 Å². The molecule has 2 amide bonds. The fourth-order valence-electron chi connectivity index (χ4n) is 3.88. The van der Waals surface area contributed by atoms with Crippen LogP contribution in [-0.4, -0.2) is 121 Å². The maximum absolute atomic E-state index is 11.4. The predicted octanol–water partition coefficient (Wildman–Crippen LogP) is 1.42.